The lowest BCUT2D eigenvalue weighted by Gasteiger charge is -2.09. The van der Waals surface area contributed by atoms with Crippen molar-refractivity contribution in [1.82, 2.24) is 4.57 Å². The highest BCUT2D eigenvalue weighted by atomic mass is 16.7. The van der Waals surface area contributed by atoms with Crippen LogP contribution in [0, 0.1) is 6.92 Å². The first-order chi connectivity index (χ1) is 11.7. The average molecular weight is 319 g/mol. The number of rotatable bonds is 1. The van der Waals surface area contributed by atoms with Crippen LogP contribution in [-0.4, -0.2) is 17.3 Å². The summed E-state index contributed by atoms with van der Waals surface area (Å²) in [6.07, 6.45) is 3.05. The van der Waals surface area contributed by atoms with Crippen molar-refractivity contribution in [3.63, 3.8) is 0 Å². The molecule has 0 amide bonds. The molecule has 0 fully saturated rings. The zero-order valence-electron chi connectivity index (χ0n) is 13.5. The molecule has 1 aliphatic heterocycles. The Bertz CT molecular complexity index is 983. The van der Waals surface area contributed by atoms with Gasteiger partial charge in [0.05, 0.1) is 5.52 Å². The van der Waals surface area contributed by atoms with Crippen LogP contribution in [0.5, 0.6) is 11.5 Å². The Hall–Kier alpha value is -2.75. The van der Waals surface area contributed by atoms with E-state index in [4.69, 9.17) is 9.47 Å². The third-order valence-corrected chi connectivity index (χ3v) is 5.02. The first-order valence-electron chi connectivity index (χ1n) is 8.29. The summed E-state index contributed by atoms with van der Waals surface area (Å²) >= 11 is 0. The van der Waals surface area contributed by atoms with Gasteiger partial charge >= 0.3 is 0 Å². The van der Waals surface area contributed by atoms with Crippen LogP contribution in [0.25, 0.3) is 10.9 Å². The summed E-state index contributed by atoms with van der Waals surface area (Å²) in [5.41, 5.74) is 5.21. The maximum atomic E-state index is 13.2. The summed E-state index contributed by atoms with van der Waals surface area (Å²) in [5, 5.41) is 1.12. The molecule has 4 nitrogen and oxygen atoms in total. The molecule has 3 aromatic rings. The summed E-state index contributed by atoms with van der Waals surface area (Å²) in [4.78, 5) is 13.2. The second kappa shape index (κ2) is 4.87. The fraction of sp³-hybridized carbons (Fsp3) is 0.250. The number of carbonyl (C=O) groups excluding carboxylic acids is 1. The molecule has 2 heterocycles. The minimum Gasteiger partial charge on any atom is -0.454 e. The van der Waals surface area contributed by atoms with Gasteiger partial charge in [-0.2, -0.15) is 0 Å². The van der Waals surface area contributed by atoms with Gasteiger partial charge in [0.25, 0.3) is 5.91 Å². The molecule has 1 aliphatic carbocycles. The Morgan fingerprint density at radius 1 is 1.04 bits per heavy atom. The SMILES string of the molecule is Cc1ccc(C(=O)n2c3c(c4cc5c(cc42)OCO5)CCC3)cc1. The van der Waals surface area contributed by atoms with E-state index in [1.54, 1.807) is 0 Å². The first-order valence-corrected chi connectivity index (χ1v) is 8.29. The fourth-order valence-corrected chi connectivity index (χ4v) is 3.83. The monoisotopic (exact) mass is 319 g/mol. The minimum absolute atomic E-state index is 0.0296. The molecule has 0 radical (unpaired) electrons. The summed E-state index contributed by atoms with van der Waals surface area (Å²) in [6.45, 7) is 2.27. The standard InChI is InChI=1S/C20H17NO3/c1-12-5-7-13(8-6-12)20(22)21-16-4-2-3-14(16)15-9-18-19(10-17(15)21)24-11-23-18/h5-10H,2-4,11H2,1H3. The quantitative estimate of drug-likeness (QED) is 0.684. The fourth-order valence-electron chi connectivity index (χ4n) is 3.83. The number of nitrogens with zero attached hydrogens (tertiary/aromatic N) is 1. The summed E-state index contributed by atoms with van der Waals surface area (Å²) in [5.74, 6) is 1.52. The molecule has 0 unspecified atom stereocenters. The van der Waals surface area contributed by atoms with Gasteiger partial charge in [-0.3, -0.25) is 9.36 Å². The smallest absolute Gasteiger partial charge is 0.262 e. The lowest BCUT2D eigenvalue weighted by atomic mass is 10.1. The molecule has 24 heavy (non-hydrogen) atoms. The molecule has 1 aromatic heterocycles. The zero-order valence-corrected chi connectivity index (χ0v) is 13.5. The zero-order chi connectivity index (χ0) is 16.3. The van der Waals surface area contributed by atoms with Crippen LogP contribution in [0.15, 0.2) is 36.4 Å². The Morgan fingerprint density at radius 3 is 2.58 bits per heavy atom. The average Bonchev–Trinajstić information content (AvgIpc) is 3.28. The van der Waals surface area contributed by atoms with Crippen molar-refractivity contribution in [1.29, 1.82) is 0 Å². The highest BCUT2D eigenvalue weighted by Crippen LogP contribution is 2.41. The van der Waals surface area contributed by atoms with E-state index in [9.17, 15) is 4.79 Å². The molecule has 2 aromatic carbocycles. The maximum Gasteiger partial charge on any atom is 0.262 e. The van der Waals surface area contributed by atoms with Gasteiger partial charge < -0.3 is 9.47 Å². The van der Waals surface area contributed by atoms with Crippen molar-refractivity contribution in [3.05, 3.63) is 58.8 Å². The number of hydrogen-bond donors (Lipinski definition) is 0. The van der Waals surface area contributed by atoms with Gasteiger partial charge in [-0.15, -0.1) is 0 Å². The van der Waals surface area contributed by atoms with Gasteiger partial charge in [0.1, 0.15) is 0 Å². The van der Waals surface area contributed by atoms with Gasteiger partial charge in [-0.25, -0.2) is 0 Å². The minimum atomic E-state index is 0.0296. The van der Waals surface area contributed by atoms with Crippen molar-refractivity contribution < 1.29 is 14.3 Å². The number of hydrogen-bond acceptors (Lipinski definition) is 3. The summed E-state index contributed by atoms with van der Waals surface area (Å²) < 4.78 is 12.9. The van der Waals surface area contributed by atoms with Gasteiger partial charge in [0.2, 0.25) is 6.79 Å². The number of aryl methyl sites for hydroxylation is 2. The van der Waals surface area contributed by atoms with Crippen LogP contribution in [0.4, 0.5) is 0 Å². The Labute approximate surface area is 139 Å². The van der Waals surface area contributed by atoms with E-state index in [2.05, 4.69) is 0 Å². The van der Waals surface area contributed by atoms with Crippen molar-refractivity contribution in [2.75, 3.05) is 6.79 Å². The second-order valence-electron chi connectivity index (χ2n) is 6.51. The highest BCUT2D eigenvalue weighted by Gasteiger charge is 2.28. The molecular weight excluding hydrogens is 302 g/mol. The molecule has 0 saturated carbocycles. The Kier molecular flexibility index (Phi) is 2.77. The van der Waals surface area contributed by atoms with Crippen LogP contribution in [0.3, 0.4) is 0 Å². The van der Waals surface area contributed by atoms with Gasteiger partial charge in [0.15, 0.2) is 11.5 Å². The van der Waals surface area contributed by atoms with Crippen LogP contribution in [0.2, 0.25) is 0 Å². The Morgan fingerprint density at radius 2 is 1.79 bits per heavy atom. The lowest BCUT2D eigenvalue weighted by Crippen LogP contribution is -2.14. The topological polar surface area (TPSA) is 40.5 Å². The lowest BCUT2D eigenvalue weighted by molar-refractivity contribution is 0.0962. The van der Waals surface area contributed by atoms with Crippen molar-refractivity contribution in [2.24, 2.45) is 0 Å². The highest BCUT2D eigenvalue weighted by molar-refractivity contribution is 6.05. The van der Waals surface area contributed by atoms with E-state index >= 15 is 0 Å². The third kappa shape index (κ3) is 1.83. The van der Waals surface area contributed by atoms with E-state index in [1.807, 2.05) is 47.9 Å². The molecule has 0 saturated heterocycles. The number of benzene rings is 2. The van der Waals surface area contributed by atoms with Crippen molar-refractivity contribution >= 4 is 16.8 Å². The van der Waals surface area contributed by atoms with E-state index in [-0.39, 0.29) is 12.7 Å². The number of fused-ring (bicyclic) bond motifs is 4. The Balaban J connectivity index is 1.75. The predicted octanol–water partition coefficient (Wildman–Crippen LogP) is 3.86. The van der Waals surface area contributed by atoms with E-state index in [0.29, 0.717) is 5.56 Å². The number of aromatic nitrogens is 1. The molecule has 0 spiro atoms. The number of carbonyl (C=O) groups is 1. The van der Waals surface area contributed by atoms with Gasteiger partial charge in [0, 0.05) is 22.7 Å². The summed E-state index contributed by atoms with van der Waals surface area (Å²) in [6, 6.07) is 11.7. The largest absolute Gasteiger partial charge is 0.454 e. The second-order valence-corrected chi connectivity index (χ2v) is 6.51. The third-order valence-electron chi connectivity index (χ3n) is 5.02. The van der Waals surface area contributed by atoms with Crippen molar-refractivity contribution in [3.8, 4) is 11.5 Å². The van der Waals surface area contributed by atoms with E-state index in [0.717, 1.165) is 52.9 Å². The molecular formula is C20H17NO3. The van der Waals surface area contributed by atoms with Crippen LogP contribution >= 0.6 is 0 Å². The predicted molar refractivity (Wildman–Crippen MR) is 91.0 cm³/mol. The molecule has 4 heteroatoms. The van der Waals surface area contributed by atoms with Gasteiger partial charge in [-0.05, 0) is 49.9 Å². The molecule has 120 valence electrons. The van der Waals surface area contributed by atoms with Crippen LogP contribution in [-0.2, 0) is 12.8 Å². The first kappa shape index (κ1) is 13.7. The van der Waals surface area contributed by atoms with Crippen molar-refractivity contribution in [2.45, 2.75) is 26.2 Å². The van der Waals surface area contributed by atoms with E-state index in [1.165, 1.54) is 5.56 Å². The van der Waals surface area contributed by atoms with Crippen LogP contribution in [0.1, 0.15) is 33.6 Å². The molecule has 2 aliphatic rings. The van der Waals surface area contributed by atoms with Crippen LogP contribution < -0.4 is 9.47 Å². The van der Waals surface area contributed by atoms with Gasteiger partial charge in [-0.1, -0.05) is 17.7 Å². The maximum absolute atomic E-state index is 13.2. The van der Waals surface area contributed by atoms with E-state index < -0.39 is 0 Å². The molecule has 0 atom stereocenters. The normalized spacial score (nSPS) is 15.0. The molecule has 0 N–H and O–H groups in total. The summed E-state index contributed by atoms with van der Waals surface area (Å²) in [7, 11) is 0. The molecule has 5 rings (SSSR count). The molecule has 0 bridgehead atoms. The number of ether oxygens (including phenoxy) is 2.